The summed E-state index contributed by atoms with van der Waals surface area (Å²) in [4.78, 5) is 11.4. The minimum absolute atomic E-state index is 0.401. The average molecular weight is 481 g/mol. The first-order valence-corrected chi connectivity index (χ1v) is 12.8. The molecular formula is C26H36N6OS. The minimum atomic E-state index is 0.401. The molecule has 2 aromatic rings. The molecule has 1 aromatic carbocycles. The van der Waals surface area contributed by atoms with Crippen LogP contribution in [0.2, 0.25) is 0 Å². The van der Waals surface area contributed by atoms with E-state index in [1.807, 2.05) is 39.0 Å². The molecule has 3 rings (SSSR count). The number of rotatable bonds is 9. The van der Waals surface area contributed by atoms with Crippen LogP contribution in [-0.2, 0) is 4.74 Å². The topological polar surface area (TPSA) is 86.1 Å². The maximum Gasteiger partial charge on any atom is 0.147 e. The van der Waals surface area contributed by atoms with E-state index in [0.29, 0.717) is 23.6 Å². The fraction of sp³-hybridized carbons (Fsp3) is 0.423. The van der Waals surface area contributed by atoms with E-state index >= 15 is 0 Å². The third-order valence-corrected chi connectivity index (χ3v) is 6.07. The van der Waals surface area contributed by atoms with Gasteiger partial charge in [0.1, 0.15) is 17.6 Å². The summed E-state index contributed by atoms with van der Waals surface area (Å²) in [5.74, 6) is 1.78. The van der Waals surface area contributed by atoms with E-state index < -0.39 is 0 Å². The van der Waals surface area contributed by atoms with E-state index in [4.69, 9.17) is 9.72 Å². The van der Waals surface area contributed by atoms with Gasteiger partial charge in [0.25, 0.3) is 0 Å². The van der Waals surface area contributed by atoms with E-state index in [9.17, 15) is 5.26 Å². The molecule has 0 atom stereocenters. The van der Waals surface area contributed by atoms with Crippen molar-refractivity contribution in [2.45, 2.75) is 40.5 Å². The highest BCUT2D eigenvalue weighted by Gasteiger charge is 2.16. The second kappa shape index (κ2) is 15.0. The quantitative estimate of drug-likeness (QED) is 0.252. The number of anilines is 3. The van der Waals surface area contributed by atoms with Gasteiger partial charge in [-0.3, -0.25) is 4.98 Å². The maximum absolute atomic E-state index is 9.88. The lowest BCUT2D eigenvalue weighted by molar-refractivity contribution is 0.152. The van der Waals surface area contributed by atoms with Crippen LogP contribution in [0, 0.1) is 18.3 Å². The van der Waals surface area contributed by atoms with Crippen molar-refractivity contribution in [3.63, 3.8) is 0 Å². The fourth-order valence-corrected chi connectivity index (χ4v) is 3.98. The molecule has 8 heteroatoms. The molecular weight excluding hydrogens is 444 g/mol. The standard InChI is InChI=1S/C24H30N6OS.C2H6/c1-4-14-32-29-22-9-6-8-21(18(22)3)26-16-19(15-25)24-20(5-2)27-17-23(28-24)30-10-7-12-31-13-11-30;1-2/h5-6,8-9,16-17,26,29H,2,4,7,10-14H2,1,3H3;1-2H3/b19-16+;. The Balaban J connectivity index is 0.00000199. The minimum Gasteiger partial charge on any atom is -0.380 e. The van der Waals surface area contributed by atoms with Gasteiger partial charge in [-0.25, -0.2) is 4.98 Å². The van der Waals surface area contributed by atoms with Gasteiger partial charge in [0.2, 0.25) is 0 Å². The Kier molecular flexibility index (Phi) is 12.0. The van der Waals surface area contributed by atoms with Crippen molar-refractivity contribution in [3.8, 4) is 6.07 Å². The summed E-state index contributed by atoms with van der Waals surface area (Å²) >= 11 is 1.69. The summed E-state index contributed by atoms with van der Waals surface area (Å²) < 4.78 is 8.94. The van der Waals surface area contributed by atoms with Crippen molar-refractivity contribution in [2.24, 2.45) is 0 Å². The molecule has 0 aliphatic carbocycles. The first-order valence-electron chi connectivity index (χ1n) is 11.8. The maximum atomic E-state index is 9.88. The van der Waals surface area contributed by atoms with E-state index in [2.05, 4.69) is 39.5 Å². The smallest absolute Gasteiger partial charge is 0.147 e. The summed E-state index contributed by atoms with van der Waals surface area (Å²) in [7, 11) is 0. The Hall–Kier alpha value is -3.02. The van der Waals surface area contributed by atoms with E-state index in [-0.39, 0.29) is 0 Å². The highest BCUT2D eigenvalue weighted by molar-refractivity contribution is 8.00. The summed E-state index contributed by atoms with van der Waals surface area (Å²) in [6.45, 7) is 15.1. The molecule has 0 bridgehead atoms. The van der Waals surface area contributed by atoms with Crippen molar-refractivity contribution < 1.29 is 4.74 Å². The van der Waals surface area contributed by atoms with Crippen molar-refractivity contribution in [3.05, 3.63) is 54.1 Å². The average Bonchev–Trinajstić information content (AvgIpc) is 3.17. The van der Waals surface area contributed by atoms with Crippen LogP contribution in [0.3, 0.4) is 0 Å². The van der Waals surface area contributed by atoms with Crippen LogP contribution in [-0.4, -0.2) is 42.0 Å². The fourth-order valence-electron chi connectivity index (χ4n) is 3.30. The molecule has 0 unspecified atom stereocenters. The molecule has 34 heavy (non-hydrogen) atoms. The van der Waals surface area contributed by atoms with Crippen LogP contribution in [0.25, 0.3) is 11.6 Å². The first kappa shape index (κ1) is 27.2. The molecule has 7 nitrogen and oxygen atoms in total. The molecule has 2 heterocycles. The molecule has 1 fully saturated rings. The van der Waals surface area contributed by atoms with Crippen molar-refractivity contribution in [2.75, 3.05) is 47.0 Å². The Morgan fingerprint density at radius 3 is 2.82 bits per heavy atom. The molecule has 2 N–H and O–H groups in total. The normalized spacial score (nSPS) is 13.7. The van der Waals surface area contributed by atoms with Crippen LogP contribution in [0.1, 0.15) is 50.6 Å². The zero-order valence-electron chi connectivity index (χ0n) is 20.7. The van der Waals surface area contributed by atoms with Crippen LogP contribution in [0.4, 0.5) is 17.2 Å². The number of benzene rings is 1. The Morgan fingerprint density at radius 2 is 2.09 bits per heavy atom. The number of aromatic nitrogens is 2. The molecule has 0 amide bonds. The Morgan fingerprint density at radius 1 is 1.29 bits per heavy atom. The van der Waals surface area contributed by atoms with Gasteiger partial charge in [0.05, 0.1) is 24.1 Å². The highest BCUT2D eigenvalue weighted by atomic mass is 32.2. The predicted octanol–water partition coefficient (Wildman–Crippen LogP) is 6.13. The molecule has 1 aromatic heterocycles. The monoisotopic (exact) mass is 480 g/mol. The summed E-state index contributed by atoms with van der Waals surface area (Å²) in [6.07, 6.45) is 7.10. The van der Waals surface area contributed by atoms with E-state index in [1.165, 1.54) is 0 Å². The number of ether oxygens (including phenoxy) is 1. The highest BCUT2D eigenvalue weighted by Crippen LogP contribution is 2.27. The lowest BCUT2D eigenvalue weighted by atomic mass is 10.1. The van der Waals surface area contributed by atoms with Crippen LogP contribution < -0.4 is 14.9 Å². The molecule has 1 aliphatic rings. The predicted molar refractivity (Wildman–Crippen MR) is 146 cm³/mol. The molecule has 182 valence electrons. The number of nitriles is 1. The lowest BCUT2D eigenvalue weighted by Crippen LogP contribution is -2.27. The van der Waals surface area contributed by atoms with Gasteiger partial charge in [-0.1, -0.05) is 45.4 Å². The zero-order valence-corrected chi connectivity index (χ0v) is 21.5. The first-order chi connectivity index (χ1) is 16.7. The third-order valence-electron chi connectivity index (χ3n) is 5.10. The SMILES string of the molecule is C=Cc1ncc(N2CCCOCC2)nc1/C(C#N)=C/Nc1cccc(NSCCC)c1C.CC. The van der Waals surface area contributed by atoms with Gasteiger partial charge >= 0.3 is 0 Å². The molecule has 0 spiro atoms. The van der Waals surface area contributed by atoms with Gasteiger partial charge in [-0.05, 0) is 43.5 Å². The van der Waals surface area contributed by atoms with Crippen LogP contribution in [0.5, 0.6) is 0 Å². The Labute approximate surface area is 208 Å². The largest absolute Gasteiger partial charge is 0.380 e. The molecule has 1 saturated heterocycles. The van der Waals surface area contributed by atoms with Gasteiger partial charge in [0, 0.05) is 43.0 Å². The third kappa shape index (κ3) is 7.51. The van der Waals surface area contributed by atoms with E-state index in [0.717, 1.165) is 61.0 Å². The molecule has 0 radical (unpaired) electrons. The molecule has 1 aliphatic heterocycles. The number of nitrogens with zero attached hydrogens (tertiary/aromatic N) is 4. The second-order valence-corrected chi connectivity index (χ2v) is 8.26. The summed E-state index contributed by atoms with van der Waals surface area (Å²) in [5, 5.41) is 13.2. The van der Waals surface area contributed by atoms with Crippen molar-refractivity contribution in [1.29, 1.82) is 5.26 Å². The number of allylic oxidation sites excluding steroid dienone is 1. The number of nitrogens with one attached hydrogen (secondary N) is 2. The van der Waals surface area contributed by atoms with Crippen molar-refractivity contribution >= 4 is 40.8 Å². The van der Waals surface area contributed by atoms with Gasteiger partial charge < -0.3 is 19.7 Å². The second-order valence-electron chi connectivity index (χ2n) is 7.36. The van der Waals surface area contributed by atoms with Crippen LogP contribution in [0.15, 0.2) is 37.2 Å². The van der Waals surface area contributed by atoms with Crippen molar-refractivity contribution in [1.82, 2.24) is 9.97 Å². The van der Waals surface area contributed by atoms with Gasteiger partial charge in [-0.15, -0.1) is 0 Å². The summed E-state index contributed by atoms with van der Waals surface area (Å²) in [5.41, 5.74) is 4.56. The molecule has 0 saturated carbocycles. The van der Waals surface area contributed by atoms with Gasteiger partial charge in [0.15, 0.2) is 0 Å². The van der Waals surface area contributed by atoms with Crippen LogP contribution >= 0.6 is 11.9 Å². The van der Waals surface area contributed by atoms with Gasteiger partial charge in [-0.2, -0.15) is 5.26 Å². The summed E-state index contributed by atoms with van der Waals surface area (Å²) in [6, 6.07) is 8.29. The number of hydrogen-bond acceptors (Lipinski definition) is 8. The Bertz CT molecular complexity index is 993. The number of hydrogen-bond donors (Lipinski definition) is 2. The zero-order chi connectivity index (χ0) is 24.8. The lowest BCUT2D eigenvalue weighted by Gasteiger charge is -2.21. The van der Waals surface area contributed by atoms with E-state index in [1.54, 1.807) is 30.4 Å².